The predicted molar refractivity (Wildman–Crippen MR) is 111 cm³/mol. The molecule has 0 amide bonds. The summed E-state index contributed by atoms with van der Waals surface area (Å²) < 4.78 is 10.9. The van der Waals surface area contributed by atoms with Crippen LogP contribution in [0.5, 0.6) is 11.5 Å². The molecule has 7 heteroatoms. The summed E-state index contributed by atoms with van der Waals surface area (Å²) in [6.07, 6.45) is 2.04. The van der Waals surface area contributed by atoms with Crippen molar-refractivity contribution >= 4 is 16.9 Å². The topological polar surface area (TPSA) is 104 Å². The molecular weight excluding hydrogens is 372 g/mol. The van der Waals surface area contributed by atoms with Crippen molar-refractivity contribution < 1.29 is 24.5 Å². The highest BCUT2D eigenvalue weighted by atomic mass is 16.5. The lowest BCUT2D eigenvalue weighted by Crippen LogP contribution is -2.37. The zero-order valence-corrected chi connectivity index (χ0v) is 16.3. The lowest BCUT2D eigenvalue weighted by atomic mass is 10.1. The van der Waals surface area contributed by atoms with Crippen molar-refractivity contribution in [2.45, 2.75) is 25.5 Å². The van der Waals surface area contributed by atoms with Gasteiger partial charge in [0.25, 0.3) is 0 Å². The van der Waals surface area contributed by atoms with Crippen molar-refractivity contribution in [2.24, 2.45) is 0 Å². The van der Waals surface area contributed by atoms with Crippen molar-refractivity contribution in [3.8, 4) is 11.5 Å². The van der Waals surface area contributed by atoms with Crippen molar-refractivity contribution in [3.05, 3.63) is 60.3 Å². The third kappa shape index (κ3) is 5.97. The Morgan fingerprint density at radius 3 is 2.69 bits per heavy atom. The molecule has 4 N–H and O–H groups in total. The Balaban J connectivity index is 1.51. The summed E-state index contributed by atoms with van der Waals surface area (Å²) >= 11 is 0. The molecule has 0 saturated carbocycles. The molecule has 0 bridgehead atoms. The van der Waals surface area contributed by atoms with Gasteiger partial charge in [-0.1, -0.05) is 30.3 Å². The number of aliphatic hydroxyl groups is 1. The molecule has 154 valence electrons. The van der Waals surface area contributed by atoms with E-state index in [1.165, 1.54) is 0 Å². The van der Waals surface area contributed by atoms with Gasteiger partial charge in [-0.15, -0.1) is 0 Å². The number of hydrogen-bond acceptors (Lipinski definition) is 5. The van der Waals surface area contributed by atoms with E-state index >= 15 is 0 Å². The van der Waals surface area contributed by atoms with Crippen LogP contribution in [0.15, 0.2) is 54.7 Å². The summed E-state index contributed by atoms with van der Waals surface area (Å²) in [7, 11) is 0. The number of carbonyl (C=O) groups is 1. The maximum atomic E-state index is 10.7. The molecule has 7 nitrogen and oxygen atoms in total. The number of aliphatic carboxylic acids is 1. The van der Waals surface area contributed by atoms with Crippen LogP contribution in [0.1, 0.15) is 12.5 Å². The van der Waals surface area contributed by atoms with Crippen LogP contribution in [0.25, 0.3) is 10.9 Å². The van der Waals surface area contributed by atoms with Crippen molar-refractivity contribution in [2.75, 3.05) is 19.8 Å². The van der Waals surface area contributed by atoms with E-state index in [4.69, 9.17) is 14.6 Å². The summed E-state index contributed by atoms with van der Waals surface area (Å²) in [5, 5.41) is 23.3. The first kappa shape index (κ1) is 20.7. The molecule has 0 fully saturated rings. The lowest BCUT2D eigenvalue weighted by Gasteiger charge is -2.17. The predicted octanol–water partition coefficient (Wildman–Crippen LogP) is 2.59. The molecule has 29 heavy (non-hydrogen) atoms. The van der Waals surface area contributed by atoms with Crippen LogP contribution in [0.3, 0.4) is 0 Å². The summed E-state index contributed by atoms with van der Waals surface area (Å²) in [4.78, 5) is 13.9. The standard InChI is InChI=1S/C22H26N2O5/c1-15(23-12-17(25)13-28-18-6-3-2-4-7-18)10-16-11-24-22-19(16)8-5-9-20(22)29-14-21(26)27/h2-9,11,15,17,23-25H,10,12-14H2,1H3,(H,26,27)/t15?,17-/m0/s1. The number of H-pyrrole nitrogens is 1. The fourth-order valence-electron chi connectivity index (χ4n) is 3.12. The van der Waals surface area contributed by atoms with E-state index < -0.39 is 12.1 Å². The zero-order chi connectivity index (χ0) is 20.6. The molecule has 0 radical (unpaired) electrons. The van der Waals surface area contributed by atoms with Crippen LogP contribution in [-0.2, 0) is 11.2 Å². The van der Waals surface area contributed by atoms with Crippen LogP contribution in [0.4, 0.5) is 0 Å². The number of ether oxygens (including phenoxy) is 2. The number of aliphatic hydroxyl groups excluding tert-OH is 1. The molecule has 3 aromatic rings. The maximum absolute atomic E-state index is 10.7. The molecule has 1 heterocycles. The Morgan fingerprint density at radius 1 is 1.14 bits per heavy atom. The molecule has 0 aliphatic rings. The molecule has 3 rings (SSSR count). The fourth-order valence-corrected chi connectivity index (χ4v) is 3.12. The van der Waals surface area contributed by atoms with Crippen LogP contribution in [0, 0.1) is 0 Å². The summed E-state index contributed by atoms with van der Waals surface area (Å²) in [6, 6.07) is 15.1. The first-order chi connectivity index (χ1) is 14.0. The maximum Gasteiger partial charge on any atom is 0.341 e. The van der Waals surface area contributed by atoms with Gasteiger partial charge in [-0.2, -0.15) is 0 Å². The van der Waals surface area contributed by atoms with Gasteiger partial charge in [0.15, 0.2) is 6.61 Å². The Bertz CT molecular complexity index is 925. The van der Waals surface area contributed by atoms with Gasteiger partial charge in [-0.25, -0.2) is 4.79 Å². The summed E-state index contributed by atoms with van der Waals surface area (Å²) in [5.41, 5.74) is 1.88. The second-order valence-corrected chi connectivity index (χ2v) is 6.97. The van der Waals surface area contributed by atoms with Gasteiger partial charge in [0.1, 0.15) is 24.2 Å². The second-order valence-electron chi connectivity index (χ2n) is 6.97. The molecule has 0 aliphatic heterocycles. The van der Waals surface area contributed by atoms with Gasteiger partial charge in [-0.3, -0.25) is 0 Å². The molecule has 2 atom stereocenters. The highest BCUT2D eigenvalue weighted by Gasteiger charge is 2.13. The summed E-state index contributed by atoms with van der Waals surface area (Å²) in [5.74, 6) is 0.242. The normalized spacial score (nSPS) is 13.2. The highest BCUT2D eigenvalue weighted by molar-refractivity contribution is 5.88. The van der Waals surface area contributed by atoms with E-state index in [1.54, 1.807) is 6.07 Å². The van der Waals surface area contributed by atoms with Gasteiger partial charge >= 0.3 is 5.97 Å². The third-order valence-corrected chi connectivity index (χ3v) is 4.53. The number of benzene rings is 2. The first-order valence-electron chi connectivity index (χ1n) is 9.56. The minimum absolute atomic E-state index is 0.129. The van der Waals surface area contributed by atoms with Crippen molar-refractivity contribution in [1.82, 2.24) is 10.3 Å². The van der Waals surface area contributed by atoms with Crippen LogP contribution >= 0.6 is 0 Å². The average Bonchev–Trinajstić information content (AvgIpc) is 3.13. The zero-order valence-electron chi connectivity index (χ0n) is 16.3. The van der Waals surface area contributed by atoms with Crippen LogP contribution < -0.4 is 14.8 Å². The van der Waals surface area contributed by atoms with Crippen LogP contribution in [0.2, 0.25) is 0 Å². The Hall–Kier alpha value is -3.03. The number of nitrogens with one attached hydrogen (secondary N) is 2. The molecule has 0 spiro atoms. The number of aromatic amines is 1. The van der Waals surface area contributed by atoms with Gasteiger partial charge in [0, 0.05) is 24.2 Å². The molecule has 0 saturated heterocycles. The lowest BCUT2D eigenvalue weighted by molar-refractivity contribution is -0.139. The fraction of sp³-hybridized carbons (Fsp3) is 0.318. The minimum atomic E-state index is -1.01. The number of carboxylic acids is 1. The van der Waals surface area contributed by atoms with Gasteiger partial charge in [0.2, 0.25) is 0 Å². The van der Waals surface area contributed by atoms with Crippen molar-refractivity contribution in [3.63, 3.8) is 0 Å². The Labute approximate surface area is 169 Å². The smallest absolute Gasteiger partial charge is 0.341 e. The van der Waals surface area contributed by atoms with Gasteiger partial charge in [0.05, 0.1) is 5.52 Å². The molecular formula is C22H26N2O5. The quantitative estimate of drug-likeness (QED) is 0.396. The number of para-hydroxylation sites is 2. The van der Waals surface area contributed by atoms with Crippen molar-refractivity contribution in [1.29, 1.82) is 0 Å². The number of fused-ring (bicyclic) bond motifs is 1. The highest BCUT2D eigenvalue weighted by Crippen LogP contribution is 2.28. The van der Waals surface area contributed by atoms with E-state index in [0.29, 0.717) is 12.3 Å². The van der Waals surface area contributed by atoms with E-state index in [9.17, 15) is 9.90 Å². The van der Waals surface area contributed by atoms with E-state index in [0.717, 1.165) is 28.6 Å². The van der Waals surface area contributed by atoms with E-state index in [1.807, 2.05) is 55.6 Å². The van der Waals surface area contributed by atoms with E-state index in [2.05, 4.69) is 10.3 Å². The number of carboxylic acid groups (broad SMARTS) is 1. The largest absolute Gasteiger partial charge is 0.491 e. The number of aromatic nitrogens is 1. The molecule has 0 aliphatic carbocycles. The molecule has 1 aromatic heterocycles. The van der Waals surface area contributed by atoms with Gasteiger partial charge < -0.3 is 30.0 Å². The minimum Gasteiger partial charge on any atom is -0.491 e. The Kier molecular flexibility index (Phi) is 7.10. The SMILES string of the molecule is CC(Cc1c[nH]c2c(OCC(=O)O)cccc12)NC[C@H](O)COc1ccccc1. The van der Waals surface area contributed by atoms with E-state index in [-0.39, 0.29) is 19.3 Å². The number of hydrogen-bond donors (Lipinski definition) is 4. The average molecular weight is 398 g/mol. The molecule has 2 aromatic carbocycles. The molecule has 1 unspecified atom stereocenters. The monoisotopic (exact) mass is 398 g/mol. The van der Waals surface area contributed by atoms with Gasteiger partial charge in [-0.05, 0) is 37.1 Å². The number of rotatable bonds is 11. The Morgan fingerprint density at radius 2 is 1.93 bits per heavy atom. The summed E-state index contributed by atoms with van der Waals surface area (Å²) in [6.45, 7) is 2.31. The van der Waals surface area contributed by atoms with Crippen LogP contribution in [-0.4, -0.2) is 53.1 Å². The first-order valence-corrected chi connectivity index (χ1v) is 9.56. The third-order valence-electron chi connectivity index (χ3n) is 4.53. The second kappa shape index (κ2) is 9.95.